The second-order valence-corrected chi connectivity index (χ2v) is 8.78. The minimum absolute atomic E-state index is 0.145. The normalized spacial score (nSPS) is 19.1. The predicted molar refractivity (Wildman–Crippen MR) is 119 cm³/mol. The van der Waals surface area contributed by atoms with Crippen LogP contribution in [0.5, 0.6) is 0 Å². The van der Waals surface area contributed by atoms with Crippen molar-refractivity contribution in [3.63, 3.8) is 0 Å². The molecule has 0 bridgehead atoms. The van der Waals surface area contributed by atoms with Crippen LogP contribution in [0.4, 0.5) is 16.2 Å². The first-order valence-electron chi connectivity index (χ1n) is 10.3. The highest BCUT2D eigenvalue weighted by Gasteiger charge is 2.36. The molecule has 8 heteroatoms. The van der Waals surface area contributed by atoms with Gasteiger partial charge in [-0.15, -0.1) is 0 Å². The van der Waals surface area contributed by atoms with Crippen molar-refractivity contribution in [1.29, 1.82) is 5.26 Å². The van der Waals surface area contributed by atoms with Gasteiger partial charge in [-0.1, -0.05) is 6.07 Å². The Morgan fingerprint density at radius 3 is 2.74 bits per heavy atom. The van der Waals surface area contributed by atoms with Crippen molar-refractivity contribution in [2.75, 3.05) is 30.3 Å². The number of hydrogen-bond acceptors (Lipinski definition) is 7. The van der Waals surface area contributed by atoms with E-state index in [0.717, 1.165) is 11.3 Å². The number of benzene rings is 1. The van der Waals surface area contributed by atoms with Crippen LogP contribution < -0.4 is 10.6 Å². The maximum Gasteiger partial charge on any atom is 0.410 e. The van der Waals surface area contributed by atoms with Crippen LogP contribution in [0.25, 0.3) is 11.1 Å². The van der Waals surface area contributed by atoms with Gasteiger partial charge in [0.15, 0.2) is 0 Å². The Hall–Kier alpha value is -3.31. The summed E-state index contributed by atoms with van der Waals surface area (Å²) in [5.41, 5.74) is 9.06. The van der Waals surface area contributed by atoms with Crippen LogP contribution in [0, 0.1) is 11.3 Å². The number of hydrogen-bond donors (Lipinski definition) is 2. The number of piperazine rings is 1. The molecule has 3 N–H and O–H groups in total. The van der Waals surface area contributed by atoms with E-state index in [4.69, 9.17) is 10.5 Å². The van der Waals surface area contributed by atoms with Crippen molar-refractivity contribution in [1.82, 2.24) is 9.88 Å². The molecular weight excluding hydrogens is 394 g/mol. The molecule has 31 heavy (non-hydrogen) atoms. The monoisotopic (exact) mass is 423 g/mol. The summed E-state index contributed by atoms with van der Waals surface area (Å²) in [6.07, 6.45) is 2.84. The van der Waals surface area contributed by atoms with Gasteiger partial charge in [0, 0.05) is 37.1 Å². The third-order valence-corrected chi connectivity index (χ3v) is 5.27. The number of nitrogen functional groups attached to an aromatic ring is 1. The Balaban J connectivity index is 1.92. The summed E-state index contributed by atoms with van der Waals surface area (Å²) in [4.78, 5) is 20.5. The van der Waals surface area contributed by atoms with Crippen molar-refractivity contribution < 1.29 is 14.6 Å². The fraction of sp³-hybridized carbons (Fsp3) is 0.435. The van der Waals surface area contributed by atoms with Gasteiger partial charge in [-0.3, -0.25) is 4.98 Å². The second-order valence-electron chi connectivity index (χ2n) is 8.78. The molecule has 1 aliphatic heterocycles. The number of nitrogens with zero attached hydrogens (tertiary/aromatic N) is 4. The number of aromatic nitrogens is 1. The number of ether oxygens (including phenoxy) is 1. The van der Waals surface area contributed by atoms with E-state index >= 15 is 0 Å². The average molecular weight is 424 g/mol. The van der Waals surface area contributed by atoms with Crippen LogP contribution in [0.3, 0.4) is 0 Å². The Bertz CT molecular complexity index is 995. The van der Waals surface area contributed by atoms with Crippen LogP contribution in [-0.4, -0.2) is 58.5 Å². The van der Waals surface area contributed by atoms with E-state index in [1.807, 2.05) is 44.7 Å². The molecule has 1 aliphatic rings. The molecule has 2 heterocycles. The third-order valence-electron chi connectivity index (χ3n) is 5.27. The number of nitrogens with two attached hydrogens (primary N) is 1. The minimum Gasteiger partial charge on any atom is -0.444 e. The standard InChI is InChI=1S/C23H29N5O3/c1-15-12-28(18(14-29)13-27(15)22(30)31-23(2,3)4)21-9-16(5-6-20(21)25)19-11-26-8-7-17(19)10-24/h5-9,11,15,18,29H,12-14,25H2,1-4H3. The lowest BCUT2D eigenvalue weighted by Crippen LogP contribution is -2.61. The van der Waals surface area contributed by atoms with Crippen molar-refractivity contribution in [2.45, 2.75) is 45.4 Å². The lowest BCUT2D eigenvalue weighted by atomic mass is 9.99. The van der Waals surface area contributed by atoms with E-state index in [0.29, 0.717) is 29.9 Å². The number of aliphatic hydroxyl groups excluding tert-OH is 1. The van der Waals surface area contributed by atoms with E-state index < -0.39 is 11.7 Å². The summed E-state index contributed by atoms with van der Waals surface area (Å²) in [6.45, 7) is 8.08. The summed E-state index contributed by atoms with van der Waals surface area (Å²) >= 11 is 0. The van der Waals surface area contributed by atoms with Gasteiger partial charge in [0.2, 0.25) is 0 Å². The Labute approximate surface area is 182 Å². The molecule has 1 fully saturated rings. The van der Waals surface area contributed by atoms with Gasteiger partial charge in [-0.05, 0) is 51.5 Å². The van der Waals surface area contributed by atoms with E-state index in [1.54, 1.807) is 29.4 Å². The molecule has 1 amide bonds. The molecule has 1 aromatic heterocycles. The summed E-state index contributed by atoms with van der Waals surface area (Å²) in [5, 5.41) is 19.5. The van der Waals surface area contributed by atoms with E-state index in [1.165, 1.54) is 0 Å². The van der Waals surface area contributed by atoms with Crippen molar-refractivity contribution >= 4 is 17.5 Å². The fourth-order valence-corrected chi connectivity index (χ4v) is 3.75. The summed E-state index contributed by atoms with van der Waals surface area (Å²) < 4.78 is 5.53. The number of nitriles is 1. The third kappa shape index (κ3) is 4.89. The maximum absolute atomic E-state index is 12.6. The number of pyridine rings is 1. The predicted octanol–water partition coefficient (Wildman–Crippen LogP) is 3.01. The van der Waals surface area contributed by atoms with Crippen LogP contribution in [-0.2, 0) is 4.74 Å². The lowest BCUT2D eigenvalue weighted by Gasteiger charge is -2.46. The SMILES string of the molecule is CC1CN(c2cc(-c3cnccc3C#N)ccc2N)C(CO)CN1C(=O)OC(C)(C)C. The zero-order valence-corrected chi connectivity index (χ0v) is 18.4. The molecule has 2 aromatic rings. The molecule has 0 aliphatic carbocycles. The van der Waals surface area contributed by atoms with E-state index in [-0.39, 0.29) is 18.7 Å². The molecule has 1 aromatic carbocycles. The molecular formula is C23H29N5O3. The lowest BCUT2D eigenvalue weighted by molar-refractivity contribution is 0.0103. The quantitative estimate of drug-likeness (QED) is 0.729. The molecule has 0 spiro atoms. The number of anilines is 2. The summed E-state index contributed by atoms with van der Waals surface area (Å²) in [5.74, 6) is 0. The Morgan fingerprint density at radius 2 is 2.10 bits per heavy atom. The first-order valence-corrected chi connectivity index (χ1v) is 10.3. The van der Waals surface area contributed by atoms with Gasteiger partial charge in [-0.25, -0.2) is 4.79 Å². The first-order chi connectivity index (χ1) is 14.6. The fourth-order valence-electron chi connectivity index (χ4n) is 3.75. The van der Waals surface area contributed by atoms with Crippen molar-refractivity contribution in [3.8, 4) is 17.2 Å². The first kappa shape index (κ1) is 22.4. The number of amides is 1. The van der Waals surface area contributed by atoms with Crippen molar-refractivity contribution in [3.05, 3.63) is 42.2 Å². The van der Waals surface area contributed by atoms with Gasteiger partial charge in [-0.2, -0.15) is 5.26 Å². The molecule has 2 unspecified atom stereocenters. The van der Waals surface area contributed by atoms with E-state index in [9.17, 15) is 15.2 Å². The minimum atomic E-state index is -0.594. The number of aliphatic hydroxyl groups is 1. The van der Waals surface area contributed by atoms with Crippen LogP contribution in [0.1, 0.15) is 33.3 Å². The van der Waals surface area contributed by atoms with Crippen LogP contribution in [0.2, 0.25) is 0 Å². The second kappa shape index (κ2) is 8.82. The van der Waals surface area contributed by atoms with Gasteiger partial charge < -0.3 is 25.4 Å². The van der Waals surface area contributed by atoms with Gasteiger partial charge >= 0.3 is 6.09 Å². The van der Waals surface area contributed by atoms with Gasteiger partial charge in [0.25, 0.3) is 0 Å². The molecule has 164 valence electrons. The van der Waals surface area contributed by atoms with Crippen molar-refractivity contribution in [2.24, 2.45) is 0 Å². The average Bonchev–Trinajstić information content (AvgIpc) is 2.72. The largest absolute Gasteiger partial charge is 0.444 e. The summed E-state index contributed by atoms with van der Waals surface area (Å²) in [7, 11) is 0. The molecule has 0 radical (unpaired) electrons. The van der Waals surface area contributed by atoms with Gasteiger partial charge in [0.05, 0.1) is 35.7 Å². The van der Waals surface area contributed by atoms with Crippen LogP contribution >= 0.6 is 0 Å². The molecule has 1 saturated heterocycles. The topological polar surface area (TPSA) is 116 Å². The zero-order valence-electron chi connectivity index (χ0n) is 18.4. The van der Waals surface area contributed by atoms with Crippen LogP contribution in [0.15, 0.2) is 36.7 Å². The molecule has 2 atom stereocenters. The maximum atomic E-state index is 12.6. The Kier molecular flexibility index (Phi) is 6.37. The number of carbonyl (C=O) groups is 1. The molecule has 8 nitrogen and oxygen atoms in total. The molecule has 0 saturated carbocycles. The highest BCUT2D eigenvalue weighted by atomic mass is 16.6. The molecule has 3 rings (SSSR count). The van der Waals surface area contributed by atoms with Gasteiger partial charge in [0.1, 0.15) is 5.60 Å². The zero-order chi connectivity index (χ0) is 22.8. The highest BCUT2D eigenvalue weighted by Crippen LogP contribution is 2.34. The smallest absolute Gasteiger partial charge is 0.410 e. The highest BCUT2D eigenvalue weighted by molar-refractivity contribution is 5.79. The Morgan fingerprint density at radius 1 is 1.35 bits per heavy atom. The number of carbonyl (C=O) groups excluding carboxylic acids is 1. The van der Waals surface area contributed by atoms with E-state index in [2.05, 4.69) is 11.1 Å². The number of rotatable bonds is 3. The summed E-state index contributed by atoms with van der Waals surface area (Å²) in [6, 6.07) is 8.92.